The first kappa shape index (κ1) is 18.4. The van der Waals surface area contributed by atoms with E-state index in [2.05, 4.69) is 16.1 Å². The molecule has 7 nitrogen and oxygen atoms in total. The molecule has 1 fully saturated rings. The molecule has 1 aliphatic heterocycles. The highest BCUT2D eigenvalue weighted by Crippen LogP contribution is 2.35. The second-order valence-electron chi connectivity index (χ2n) is 7.09. The molecule has 1 amide bonds. The van der Waals surface area contributed by atoms with Gasteiger partial charge in [-0.3, -0.25) is 4.79 Å². The van der Waals surface area contributed by atoms with Crippen LogP contribution in [0, 0.1) is 12.3 Å². The normalized spacial score (nSPS) is 16.0. The van der Waals surface area contributed by atoms with Crippen molar-refractivity contribution in [1.29, 1.82) is 0 Å². The summed E-state index contributed by atoms with van der Waals surface area (Å²) in [5.74, 6) is 4.86. The van der Waals surface area contributed by atoms with Crippen LogP contribution < -0.4 is 9.47 Å². The summed E-state index contributed by atoms with van der Waals surface area (Å²) in [6, 6.07) is 5.72. The van der Waals surface area contributed by atoms with Crippen molar-refractivity contribution in [2.75, 3.05) is 13.3 Å². The lowest BCUT2D eigenvalue weighted by Crippen LogP contribution is -2.41. The van der Waals surface area contributed by atoms with Crippen molar-refractivity contribution >= 4 is 5.91 Å². The standard InChI is InChI=1S/C21H23N3O4/c1-2-12-24(16-6-4-3-5-7-16)20(25)11-10-19-22-23-21(28-19)15-8-9-17-18(13-15)27-14-26-17/h1,8-9,13,16H,3-7,10-12,14H2. The molecule has 7 heteroatoms. The Morgan fingerprint density at radius 1 is 1.18 bits per heavy atom. The molecule has 0 N–H and O–H groups in total. The van der Waals surface area contributed by atoms with Crippen LogP contribution in [0.3, 0.4) is 0 Å². The minimum Gasteiger partial charge on any atom is -0.454 e. The van der Waals surface area contributed by atoms with Gasteiger partial charge in [-0.05, 0) is 31.0 Å². The molecule has 0 bridgehead atoms. The summed E-state index contributed by atoms with van der Waals surface area (Å²) < 4.78 is 16.4. The number of hydrogen-bond acceptors (Lipinski definition) is 6. The van der Waals surface area contributed by atoms with E-state index in [0.29, 0.717) is 42.7 Å². The fourth-order valence-electron chi connectivity index (χ4n) is 3.77. The zero-order valence-corrected chi connectivity index (χ0v) is 15.7. The molecule has 2 aromatic rings. The van der Waals surface area contributed by atoms with Crippen LogP contribution in [0.15, 0.2) is 22.6 Å². The van der Waals surface area contributed by atoms with Crippen molar-refractivity contribution in [1.82, 2.24) is 15.1 Å². The molecule has 1 aromatic heterocycles. The molecular formula is C21H23N3O4. The van der Waals surface area contributed by atoms with Gasteiger partial charge in [-0.25, -0.2) is 0 Å². The lowest BCUT2D eigenvalue weighted by atomic mass is 9.94. The van der Waals surface area contributed by atoms with Crippen molar-refractivity contribution in [2.24, 2.45) is 0 Å². The van der Waals surface area contributed by atoms with Gasteiger partial charge in [0.1, 0.15) is 0 Å². The lowest BCUT2D eigenvalue weighted by Gasteiger charge is -2.33. The van der Waals surface area contributed by atoms with E-state index in [1.807, 2.05) is 23.1 Å². The number of carbonyl (C=O) groups is 1. The third-order valence-corrected chi connectivity index (χ3v) is 5.24. The number of aromatic nitrogens is 2. The van der Waals surface area contributed by atoms with Gasteiger partial charge in [0.15, 0.2) is 11.5 Å². The van der Waals surface area contributed by atoms with Crippen molar-refractivity contribution in [3.05, 3.63) is 24.1 Å². The average molecular weight is 381 g/mol. The molecule has 1 aliphatic carbocycles. The smallest absolute Gasteiger partial charge is 0.247 e. The number of terminal acetylenes is 1. The minimum absolute atomic E-state index is 0.0488. The Balaban J connectivity index is 1.38. The summed E-state index contributed by atoms with van der Waals surface area (Å²) in [5.41, 5.74) is 0.755. The molecule has 1 saturated carbocycles. The molecule has 0 radical (unpaired) electrons. The number of ether oxygens (including phenoxy) is 2. The van der Waals surface area contributed by atoms with Crippen LogP contribution in [0.2, 0.25) is 0 Å². The van der Waals surface area contributed by atoms with E-state index >= 15 is 0 Å². The molecule has 146 valence electrons. The lowest BCUT2D eigenvalue weighted by molar-refractivity contribution is -0.133. The minimum atomic E-state index is 0.0488. The summed E-state index contributed by atoms with van der Waals surface area (Å²) in [6.45, 7) is 0.570. The van der Waals surface area contributed by atoms with Gasteiger partial charge in [0.2, 0.25) is 24.5 Å². The highest BCUT2D eigenvalue weighted by atomic mass is 16.7. The molecule has 2 aliphatic rings. The number of rotatable bonds is 6. The number of amides is 1. The van der Waals surface area contributed by atoms with Crippen molar-refractivity contribution < 1.29 is 18.7 Å². The second kappa shape index (κ2) is 8.34. The van der Waals surface area contributed by atoms with Crippen LogP contribution in [0.25, 0.3) is 11.5 Å². The van der Waals surface area contributed by atoms with Crippen LogP contribution in [0.5, 0.6) is 11.5 Å². The fraction of sp³-hybridized carbons (Fsp3) is 0.476. The van der Waals surface area contributed by atoms with Crippen LogP contribution in [-0.2, 0) is 11.2 Å². The van der Waals surface area contributed by atoms with Gasteiger partial charge in [0, 0.05) is 24.4 Å². The number of benzene rings is 1. The molecule has 0 spiro atoms. The van der Waals surface area contributed by atoms with Crippen molar-refractivity contribution in [3.63, 3.8) is 0 Å². The zero-order chi connectivity index (χ0) is 19.3. The molecule has 4 rings (SSSR count). The predicted octanol–water partition coefficient (Wildman–Crippen LogP) is 3.19. The molecule has 0 saturated heterocycles. The van der Waals surface area contributed by atoms with Gasteiger partial charge in [-0.2, -0.15) is 0 Å². The first-order valence-corrected chi connectivity index (χ1v) is 9.70. The number of nitrogens with zero attached hydrogens (tertiary/aromatic N) is 3. The van der Waals surface area contributed by atoms with Gasteiger partial charge in [0.25, 0.3) is 0 Å². The maximum atomic E-state index is 12.7. The summed E-state index contributed by atoms with van der Waals surface area (Å²) in [4.78, 5) is 14.6. The van der Waals surface area contributed by atoms with E-state index in [0.717, 1.165) is 31.2 Å². The molecule has 2 heterocycles. The predicted molar refractivity (Wildman–Crippen MR) is 102 cm³/mol. The number of carbonyl (C=O) groups excluding carboxylic acids is 1. The van der Waals surface area contributed by atoms with Gasteiger partial charge < -0.3 is 18.8 Å². The first-order valence-electron chi connectivity index (χ1n) is 9.70. The van der Waals surface area contributed by atoms with E-state index in [1.54, 1.807) is 0 Å². The Morgan fingerprint density at radius 3 is 2.82 bits per heavy atom. The van der Waals surface area contributed by atoms with E-state index < -0.39 is 0 Å². The Kier molecular flexibility index (Phi) is 5.47. The van der Waals surface area contributed by atoms with E-state index in [4.69, 9.17) is 20.3 Å². The van der Waals surface area contributed by atoms with Gasteiger partial charge in [0.05, 0.1) is 6.54 Å². The molecule has 28 heavy (non-hydrogen) atoms. The summed E-state index contributed by atoms with van der Waals surface area (Å²) in [7, 11) is 0. The number of aryl methyl sites for hydroxylation is 1. The second-order valence-corrected chi connectivity index (χ2v) is 7.09. The topological polar surface area (TPSA) is 77.7 Å². The molecule has 1 aromatic carbocycles. The summed E-state index contributed by atoms with van der Waals surface area (Å²) in [5, 5.41) is 8.17. The van der Waals surface area contributed by atoms with Crippen LogP contribution in [0.4, 0.5) is 0 Å². The highest BCUT2D eigenvalue weighted by molar-refractivity contribution is 5.77. The van der Waals surface area contributed by atoms with Gasteiger partial charge in [-0.15, -0.1) is 16.6 Å². The van der Waals surface area contributed by atoms with E-state index in [1.165, 1.54) is 6.42 Å². The largest absolute Gasteiger partial charge is 0.454 e. The maximum Gasteiger partial charge on any atom is 0.247 e. The van der Waals surface area contributed by atoms with Crippen molar-refractivity contribution in [3.8, 4) is 35.3 Å². The molecule has 0 unspecified atom stereocenters. The molecule has 0 atom stereocenters. The SMILES string of the molecule is C#CCN(C(=O)CCc1nnc(-c2ccc3c(c2)OCO3)o1)C1CCCCC1. The van der Waals surface area contributed by atoms with Crippen molar-refractivity contribution in [2.45, 2.75) is 51.0 Å². The first-order chi connectivity index (χ1) is 13.7. The molecular weight excluding hydrogens is 358 g/mol. The van der Waals surface area contributed by atoms with Crippen LogP contribution in [-0.4, -0.2) is 40.4 Å². The summed E-state index contributed by atoms with van der Waals surface area (Å²) >= 11 is 0. The third kappa shape index (κ3) is 3.96. The fourth-order valence-corrected chi connectivity index (χ4v) is 3.77. The van der Waals surface area contributed by atoms with Gasteiger partial charge in [-0.1, -0.05) is 25.2 Å². The average Bonchev–Trinajstić information content (AvgIpc) is 3.39. The third-order valence-electron chi connectivity index (χ3n) is 5.24. The zero-order valence-electron chi connectivity index (χ0n) is 15.7. The van der Waals surface area contributed by atoms with E-state index in [9.17, 15) is 4.79 Å². The Morgan fingerprint density at radius 2 is 2.00 bits per heavy atom. The Labute approximate surface area is 164 Å². The maximum absolute atomic E-state index is 12.7. The number of hydrogen-bond donors (Lipinski definition) is 0. The van der Waals surface area contributed by atoms with Crippen LogP contribution in [0.1, 0.15) is 44.4 Å². The van der Waals surface area contributed by atoms with E-state index in [-0.39, 0.29) is 18.7 Å². The summed E-state index contributed by atoms with van der Waals surface area (Å²) in [6.07, 6.45) is 11.8. The highest BCUT2D eigenvalue weighted by Gasteiger charge is 2.25. The Bertz CT molecular complexity index is 880. The quantitative estimate of drug-likeness (QED) is 0.715. The number of fused-ring (bicyclic) bond motifs is 1. The van der Waals surface area contributed by atoms with Gasteiger partial charge >= 0.3 is 0 Å². The monoisotopic (exact) mass is 381 g/mol. The van der Waals surface area contributed by atoms with Crippen LogP contribution >= 0.6 is 0 Å². The Hall–Kier alpha value is -3.01.